The lowest BCUT2D eigenvalue weighted by atomic mass is 9.69. The number of nitriles is 2. The van der Waals surface area contributed by atoms with Gasteiger partial charge in [0.2, 0.25) is 6.19 Å². The van der Waals surface area contributed by atoms with Gasteiger partial charge in [-0.1, -0.05) is 55.5 Å². The SMILES string of the molecule is C[C@]12C(=C(c3ccc(C(F)(F)F)cc3)C(=NC#N)C1c1ccc(C(F)(F)F)cc1)c1cccc3c(C#N)ccc2c13. The molecule has 4 aromatic rings. The lowest BCUT2D eigenvalue weighted by molar-refractivity contribution is -0.138. The first-order valence-electron chi connectivity index (χ1n) is 12.4. The summed E-state index contributed by atoms with van der Waals surface area (Å²) in [5, 5.41) is 20.9. The van der Waals surface area contributed by atoms with Gasteiger partial charge >= 0.3 is 12.4 Å². The number of halogens is 6. The smallest absolute Gasteiger partial charge is 0.192 e. The first kappa shape index (κ1) is 26.3. The van der Waals surface area contributed by atoms with Crippen LogP contribution in [0.25, 0.3) is 21.9 Å². The largest absolute Gasteiger partial charge is 0.416 e. The highest BCUT2D eigenvalue weighted by atomic mass is 19.4. The molecule has 6 rings (SSSR count). The lowest BCUT2D eigenvalue weighted by Gasteiger charge is -2.32. The fourth-order valence-corrected chi connectivity index (χ4v) is 6.45. The van der Waals surface area contributed by atoms with E-state index in [1.54, 1.807) is 30.5 Å². The second-order valence-corrected chi connectivity index (χ2v) is 10.2. The highest BCUT2D eigenvalue weighted by Gasteiger charge is 2.55. The normalized spacial score (nSPS) is 20.8. The topological polar surface area (TPSA) is 59.9 Å². The molecular formula is C32H17F6N3. The van der Waals surface area contributed by atoms with Crippen molar-refractivity contribution in [3.8, 4) is 12.3 Å². The molecule has 2 aliphatic rings. The zero-order valence-corrected chi connectivity index (χ0v) is 21.2. The minimum atomic E-state index is -4.56. The van der Waals surface area contributed by atoms with Crippen molar-refractivity contribution in [2.75, 3.05) is 0 Å². The maximum absolute atomic E-state index is 13.4. The Bertz CT molecular complexity index is 1880. The number of nitrogens with zero attached hydrogens (tertiary/aromatic N) is 3. The van der Waals surface area contributed by atoms with E-state index < -0.39 is 34.8 Å². The van der Waals surface area contributed by atoms with Gasteiger partial charge in [0.25, 0.3) is 0 Å². The summed E-state index contributed by atoms with van der Waals surface area (Å²) in [4.78, 5) is 4.15. The Balaban J connectivity index is 1.69. The number of rotatable bonds is 2. The molecule has 0 saturated carbocycles. The number of hydrogen-bond acceptors (Lipinski definition) is 3. The van der Waals surface area contributed by atoms with Gasteiger partial charge in [0, 0.05) is 22.3 Å². The summed E-state index contributed by atoms with van der Waals surface area (Å²) in [6.45, 7) is 1.90. The Morgan fingerprint density at radius 2 is 1.39 bits per heavy atom. The molecule has 4 aromatic carbocycles. The van der Waals surface area contributed by atoms with E-state index in [-0.39, 0.29) is 5.71 Å². The van der Waals surface area contributed by atoms with Crippen LogP contribution in [0.15, 0.2) is 83.9 Å². The fourth-order valence-electron chi connectivity index (χ4n) is 6.45. The summed E-state index contributed by atoms with van der Waals surface area (Å²) in [5.74, 6) is -0.750. The van der Waals surface area contributed by atoms with Crippen molar-refractivity contribution in [2.24, 2.45) is 4.99 Å². The van der Waals surface area contributed by atoms with Crippen molar-refractivity contribution < 1.29 is 26.3 Å². The molecule has 0 N–H and O–H groups in total. The fraction of sp³-hybridized carbons (Fsp3) is 0.156. The van der Waals surface area contributed by atoms with Crippen molar-refractivity contribution in [1.29, 1.82) is 10.5 Å². The van der Waals surface area contributed by atoms with Crippen LogP contribution < -0.4 is 0 Å². The average molecular weight is 557 g/mol. The van der Waals surface area contributed by atoms with E-state index >= 15 is 0 Å². The van der Waals surface area contributed by atoms with Gasteiger partial charge in [-0.25, -0.2) is 0 Å². The average Bonchev–Trinajstić information content (AvgIpc) is 3.34. The highest BCUT2D eigenvalue weighted by molar-refractivity contribution is 6.40. The molecule has 0 saturated heterocycles. The molecule has 0 amide bonds. The van der Waals surface area contributed by atoms with Gasteiger partial charge in [0.1, 0.15) is 0 Å². The summed E-state index contributed by atoms with van der Waals surface area (Å²) >= 11 is 0. The summed E-state index contributed by atoms with van der Waals surface area (Å²) in [6.07, 6.45) is -7.31. The molecule has 0 aromatic heterocycles. The van der Waals surface area contributed by atoms with E-state index in [4.69, 9.17) is 0 Å². The molecule has 0 radical (unpaired) electrons. The lowest BCUT2D eigenvalue weighted by Crippen LogP contribution is -2.29. The van der Waals surface area contributed by atoms with Gasteiger partial charge in [0.15, 0.2) is 0 Å². The van der Waals surface area contributed by atoms with Gasteiger partial charge in [-0.15, -0.1) is 0 Å². The van der Waals surface area contributed by atoms with Crippen LogP contribution in [0.2, 0.25) is 0 Å². The third-order valence-corrected chi connectivity index (χ3v) is 8.11. The van der Waals surface area contributed by atoms with Gasteiger partial charge in [0.05, 0.1) is 28.5 Å². The van der Waals surface area contributed by atoms with E-state index in [9.17, 15) is 36.9 Å². The van der Waals surface area contributed by atoms with E-state index in [1.807, 2.05) is 13.0 Å². The third kappa shape index (κ3) is 3.76. The maximum Gasteiger partial charge on any atom is 0.416 e. The van der Waals surface area contributed by atoms with Crippen LogP contribution in [-0.2, 0) is 17.8 Å². The summed E-state index contributed by atoms with van der Waals surface area (Å²) in [7, 11) is 0. The minimum absolute atomic E-state index is 0.247. The predicted octanol–water partition coefficient (Wildman–Crippen LogP) is 8.65. The van der Waals surface area contributed by atoms with Crippen LogP contribution in [0.3, 0.4) is 0 Å². The number of hydrogen-bond donors (Lipinski definition) is 0. The van der Waals surface area contributed by atoms with Crippen molar-refractivity contribution in [3.05, 3.63) is 118 Å². The molecule has 0 aliphatic heterocycles. The van der Waals surface area contributed by atoms with Crippen LogP contribution in [0, 0.1) is 22.8 Å². The monoisotopic (exact) mass is 557 g/mol. The number of aliphatic imine (C=N–C) groups is 1. The molecule has 0 spiro atoms. The van der Waals surface area contributed by atoms with Crippen molar-refractivity contribution >= 4 is 27.6 Å². The zero-order chi connectivity index (χ0) is 29.3. The molecule has 41 heavy (non-hydrogen) atoms. The Morgan fingerprint density at radius 3 is 1.95 bits per heavy atom. The summed E-state index contributed by atoms with van der Waals surface area (Å²) in [6, 6.07) is 20.3. The number of benzene rings is 4. The standard InChI is InChI=1S/C32H17F6N3/c1-30-24-14-9-19(15-39)22-3-2-4-23(26(22)24)28(30)25(17-5-10-20(11-6-17)31(33,34)35)29(41-16-40)27(30)18-7-12-21(13-8-18)32(36,37)38/h2-14,27H,1H3/t27?,30-/m1/s1. The van der Waals surface area contributed by atoms with E-state index in [0.717, 1.165) is 40.8 Å². The van der Waals surface area contributed by atoms with Crippen LogP contribution in [0.4, 0.5) is 26.3 Å². The first-order valence-corrected chi connectivity index (χ1v) is 12.4. The predicted molar refractivity (Wildman–Crippen MR) is 142 cm³/mol. The Morgan fingerprint density at radius 1 is 0.780 bits per heavy atom. The highest BCUT2D eigenvalue weighted by Crippen LogP contribution is 2.64. The van der Waals surface area contributed by atoms with Crippen LogP contribution >= 0.6 is 0 Å². The maximum atomic E-state index is 13.4. The molecule has 2 aliphatic carbocycles. The molecule has 3 nitrogen and oxygen atoms in total. The summed E-state index contributed by atoms with van der Waals surface area (Å²) < 4.78 is 80.4. The van der Waals surface area contributed by atoms with Gasteiger partial charge in [-0.2, -0.15) is 41.9 Å². The number of allylic oxidation sites excluding steroid dienone is 2. The molecule has 0 heterocycles. The molecule has 0 fully saturated rings. The third-order valence-electron chi connectivity index (χ3n) is 8.11. The van der Waals surface area contributed by atoms with E-state index in [0.29, 0.717) is 33.2 Å². The Kier molecular flexibility index (Phi) is 5.66. The van der Waals surface area contributed by atoms with Gasteiger partial charge < -0.3 is 0 Å². The Hall–Kier alpha value is -4.89. The second-order valence-electron chi connectivity index (χ2n) is 10.2. The van der Waals surface area contributed by atoms with E-state index in [1.165, 1.54) is 24.3 Å². The van der Waals surface area contributed by atoms with Crippen molar-refractivity contribution in [1.82, 2.24) is 0 Å². The van der Waals surface area contributed by atoms with Gasteiger partial charge in [-0.05, 0) is 63.5 Å². The van der Waals surface area contributed by atoms with Crippen LogP contribution in [-0.4, -0.2) is 5.71 Å². The summed E-state index contributed by atoms with van der Waals surface area (Å²) in [5.41, 5.74) is 1.51. The number of fused-ring (bicyclic) bond motifs is 3. The molecule has 9 heteroatoms. The molecule has 0 bridgehead atoms. The molecule has 2 atom stereocenters. The molecule has 1 unspecified atom stereocenters. The Labute approximate surface area is 230 Å². The number of alkyl halides is 6. The zero-order valence-electron chi connectivity index (χ0n) is 21.2. The quantitative estimate of drug-likeness (QED) is 0.183. The van der Waals surface area contributed by atoms with Crippen molar-refractivity contribution in [3.63, 3.8) is 0 Å². The first-order chi connectivity index (χ1) is 19.4. The van der Waals surface area contributed by atoms with Crippen molar-refractivity contribution in [2.45, 2.75) is 30.6 Å². The van der Waals surface area contributed by atoms with Gasteiger partial charge in [-0.3, -0.25) is 0 Å². The van der Waals surface area contributed by atoms with E-state index in [2.05, 4.69) is 11.1 Å². The second kappa shape index (κ2) is 8.81. The van der Waals surface area contributed by atoms with Crippen LogP contribution in [0.1, 0.15) is 51.8 Å². The van der Waals surface area contributed by atoms with Crippen LogP contribution in [0.5, 0.6) is 0 Å². The minimum Gasteiger partial charge on any atom is -0.192 e. The molecule has 202 valence electrons. The molecular weight excluding hydrogens is 540 g/mol.